The highest BCUT2D eigenvalue weighted by molar-refractivity contribution is 6.30. The van der Waals surface area contributed by atoms with Crippen LogP contribution in [0.4, 0.5) is 4.79 Å². The number of urea groups is 1. The second-order valence-corrected chi connectivity index (χ2v) is 8.53. The molecule has 0 radical (unpaired) electrons. The van der Waals surface area contributed by atoms with Crippen molar-refractivity contribution in [1.29, 1.82) is 5.26 Å². The lowest BCUT2D eigenvalue weighted by molar-refractivity contribution is -0.135. The molecule has 4 rings (SSSR count). The molecule has 0 spiro atoms. The van der Waals surface area contributed by atoms with E-state index in [0.29, 0.717) is 16.1 Å². The number of amides is 4. The third kappa shape index (κ3) is 4.49. The van der Waals surface area contributed by atoms with Crippen LogP contribution in [0.5, 0.6) is 0 Å². The van der Waals surface area contributed by atoms with Gasteiger partial charge in [-0.05, 0) is 47.9 Å². The highest BCUT2D eigenvalue weighted by Crippen LogP contribution is 2.29. The minimum atomic E-state index is -1.33. The second kappa shape index (κ2) is 9.38. The van der Waals surface area contributed by atoms with Crippen molar-refractivity contribution in [2.45, 2.75) is 18.5 Å². The molecule has 1 aliphatic rings. The number of carbonyl (C=O) groups excluding carboxylic acids is 3. The van der Waals surface area contributed by atoms with Crippen molar-refractivity contribution in [2.24, 2.45) is 0 Å². The van der Waals surface area contributed by atoms with Crippen molar-refractivity contribution < 1.29 is 14.4 Å². The van der Waals surface area contributed by atoms with Gasteiger partial charge in [0.25, 0.3) is 5.91 Å². The first kappa shape index (κ1) is 23.0. The molecule has 3 aromatic rings. The van der Waals surface area contributed by atoms with E-state index in [1.54, 1.807) is 43.3 Å². The van der Waals surface area contributed by atoms with Gasteiger partial charge >= 0.3 is 6.03 Å². The van der Waals surface area contributed by atoms with E-state index in [1.807, 2.05) is 48.5 Å². The first-order valence-electron chi connectivity index (χ1n) is 10.6. The van der Waals surface area contributed by atoms with Gasteiger partial charge in [0.2, 0.25) is 5.91 Å². The third-order valence-corrected chi connectivity index (χ3v) is 6.06. The van der Waals surface area contributed by atoms with Crippen molar-refractivity contribution in [1.82, 2.24) is 15.5 Å². The van der Waals surface area contributed by atoms with Crippen LogP contribution in [0, 0.1) is 11.3 Å². The smallest absolute Gasteiger partial charge is 0.325 e. The number of hydrogen-bond donors (Lipinski definition) is 2. The van der Waals surface area contributed by atoms with Crippen LogP contribution in [0.15, 0.2) is 78.9 Å². The number of benzene rings is 3. The summed E-state index contributed by atoms with van der Waals surface area (Å²) in [6.45, 7) is 1.14. The first-order chi connectivity index (χ1) is 16.3. The molecule has 1 aliphatic heterocycles. The number of halogens is 1. The van der Waals surface area contributed by atoms with E-state index in [9.17, 15) is 14.4 Å². The van der Waals surface area contributed by atoms with Crippen LogP contribution in [0.2, 0.25) is 5.02 Å². The normalized spacial score (nSPS) is 18.2. The summed E-state index contributed by atoms with van der Waals surface area (Å²) in [6.07, 6.45) is 0. The van der Waals surface area contributed by atoms with Crippen LogP contribution in [-0.2, 0) is 15.1 Å². The molecule has 1 fully saturated rings. The number of rotatable bonds is 6. The summed E-state index contributed by atoms with van der Waals surface area (Å²) in [7, 11) is 0. The van der Waals surface area contributed by atoms with Crippen molar-refractivity contribution in [2.75, 3.05) is 6.54 Å². The summed E-state index contributed by atoms with van der Waals surface area (Å²) in [6, 6.07) is 23.7. The number of nitrogens with zero attached hydrogens (tertiary/aromatic N) is 2. The van der Waals surface area contributed by atoms with Gasteiger partial charge in [-0.1, -0.05) is 66.2 Å². The standard InChI is InChI=1S/C26H21ClN4O3/c1-26(20-11-7-17(15-28)8-12-20)24(33)31(25(34)30-26)16-22(32)29-23(18-5-3-2-4-6-18)19-9-13-21(27)14-10-19/h2-14,23H,16H2,1H3,(H,29,32)(H,30,34)/t23-,26+/m0/s1. The second-order valence-electron chi connectivity index (χ2n) is 8.10. The van der Waals surface area contributed by atoms with E-state index in [-0.39, 0.29) is 0 Å². The van der Waals surface area contributed by atoms with E-state index in [4.69, 9.17) is 16.9 Å². The van der Waals surface area contributed by atoms with E-state index in [1.165, 1.54) is 0 Å². The maximum Gasteiger partial charge on any atom is 0.325 e. The van der Waals surface area contributed by atoms with Gasteiger partial charge in [-0.2, -0.15) is 5.26 Å². The summed E-state index contributed by atoms with van der Waals surface area (Å²) in [4.78, 5) is 39.7. The molecule has 1 heterocycles. The molecule has 2 N–H and O–H groups in total. The predicted molar refractivity (Wildman–Crippen MR) is 127 cm³/mol. The Labute approximate surface area is 201 Å². The van der Waals surface area contributed by atoms with Gasteiger partial charge in [0.15, 0.2) is 0 Å². The first-order valence-corrected chi connectivity index (χ1v) is 10.9. The minimum Gasteiger partial charge on any atom is -0.344 e. The van der Waals surface area contributed by atoms with Crippen LogP contribution in [-0.4, -0.2) is 29.3 Å². The molecule has 4 amide bonds. The predicted octanol–water partition coefficient (Wildman–Crippen LogP) is 3.88. The zero-order valence-electron chi connectivity index (χ0n) is 18.3. The van der Waals surface area contributed by atoms with Crippen LogP contribution in [0.25, 0.3) is 0 Å². The van der Waals surface area contributed by atoms with Gasteiger partial charge in [-0.15, -0.1) is 0 Å². The van der Waals surface area contributed by atoms with E-state index >= 15 is 0 Å². The lowest BCUT2D eigenvalue weighted by Gasteiger charge is -2.23. The molecule has 0 unspecified atom stereocenters. The van der Waals surface area contributed by atoms with Gasteiger partial charge in [0.1, 0.15) is 12.1 Å². The molecular formula is C26H21ClN4O3. The molecule has 1 saturated heterocycles. The Morgan fingerprint density at radius 1 is 1.03 bits per heavy atom. The summed E-state index contributed by atoms with van der Waals surface area (Å²) in [5, 5.41) is 15.2. The van der Waals surface area contributed by atoms with Gasteiger partial charge < -0.3 is 10.6 Å². The van der Waals surface area contributed by atoms with Gasteiger partial charge in [0, 0.05) is 5.02 Å². The molecular weight excluding hydrogens is 452 g/mol. The van der Waals surface area contributed by atoms with E-state index in [2.05, 4.69) is 10.6 Å². The monoisotopic (exact) mass is 472 g/mol. The van der Waals surface area contributed by atoms with Crippen LogP contribution < -0.4 is 10.6 Å². The topological polar surface area (TPSA) is 102 Å². The van der Waals surface area contributed by atoms with Crippen molar-refractivity contribution in [3.05, 3.63) is 106 Å². The molecule has 3 aromatic carbocycles. The average molecular weight is 473 g/mol. The third-order valence-electron chi connectivity index (χ3n) is 5.81. The van der Waals surface area contributed by atoms with Gasteiger partial charge in [-0.25, -0.2) is 4.79 Å². The molecule has 7 nitrogen and oxygen atoms in total. The highest BCUT2D eigenvalue weighted by Gasteiger charge is 2.49. The molecule has 0 aromatic heterocycles. The molecule has 0 aliphatic carbocycles. The Morgan fingerprint density at radius 2 is 1.65 bits per heavy atom. The molecule has 8 heteroatoms. The molecule has 170 valence electrons. The molecule has 0 saturated carbocycles. The van der Waals surface area contributed by atoms with Crippen LogP contribution >= 0.6 is 11.6 Å². The quantitative estimate of drug-likeness (QED) is 0.531. The maximum absolute atomic E-state index is 13.2. The molecule has 2 atom stereocenters. The number of nitriles is 1. The average Bonchev–Trinajstić information content (AvgIpc) is 3.07. The van der Waals surface area contributed by atoms with Crippen LogP contribution in [0.3, 0.4) is 0 Å². The van der Waals surface area contributed by atoms with Gasteiger partial charge in [0.05, 0.1) is 17.7 Å². The zero-order chi connectivity index (χ0) is 24.3. The van der Waals surface area contributed by atoms with E-state index in [0.717, 1.165) is 16.0 Å². The lowest BCUT2D eigenvalue weighted by atomic mass is 9.91. The Bertz CT molecular complexity index is 1270. The fourth-order valence-corrected chi connectivity index (χ4v) is 4.05. The highest BCUT2D eigenvalue weighted by atomic mass is 35.5. The number of nitrogens with one attached hydrogen (secondary N) is 2. The summed E-state index contributed by atoms with van der Waals surface area (Å²) in [5.74, 6) is -1.03. The number of imide groups is 1. The maximum atomic E-state index is 13.2. The Kier molecular flexibility index (Phi) is 6.35. The molecule has 0 bridgehead atoms. The number of hydrogen-bond acceptors (Lipinski definition) is 4. The van der Waals surface area contributed by atoms with Crippen LogP contribution in [0.1, 0.15) is 35.2 Å². The number of carbonyl (C=O) groups is 3. The fraction of sp³-hybridized carbons (Fsp3) is 0.154. The zero-order valence-corrected chi connectivity index (χ0v) is 19.0. The largest absolute Gasteiger partial charge is 0.344 e. The minimum absolute atomic E-state index is 0.437. The SMILES string of the molecule is C[C@]1(c2ccc(C#N)cc2)NC(=O)N(CC(=O)N[C@@H](c2ccccc2)c2ccc(Cl)cc2)C1=O. The Balaban J connectivity index is 1.53. The summed E-state index contributed by atoms with van der Waals surface area (Å²) >= 11 is 6.02. The van der Waals surface area contributed by atoms with Crippen molar-refractivity contribution >= 4 is 29.4 Å². The Morgan fingerprint density at radius 3 is 2.26 bits per heavy atom. The fourth-order valence-electron chi connectivity index (χ4n) is 3.92. The Hall–Kier alpha value is -4.15. The lowest BCUT2D eigenvalue weighted by Crippen LogP contribution is -2.44. The van der Waals surface area contributed by atoms with E-state index < -0.39 is 36.0 Å². The van der Waals surface area contributed by atoms with Crippen molar-refractivity contribution in [3.63, 3.8) is 0 Å². The molecule has 34 heavy (non-hydrogen) atoms. The summed E-state index contributed by atoms with van der Waals surface area (Å²) < 4.78 is 0. The van der Waals surface area contributed by atoms with Gasteiger partial charge in [-0.3, -0.25) is 14.5 Å². The summed E-state index contributed by atoms with van der Waals surface area (Å²) in [5.41, 5.74) is 1.28. The van der Waals surface area contributed by atoms with Crippen molar-refractivity contribution in [3.8, 4) is 6.07 Å².